The van der Waals surface area contributed by atoms with Crippen LogP contribution in [0.5, 0.6) is 0 Å². The summed E-state index contributed by atoms with van der Waals surface area (Å²) in [5, 5.41) is 16.7. The number of amides is 1. The molecule has 25 heavy (non-hydrogen) atoms. The smallest absolute Gasteiger partial charge is 0.273 e. The van der Waals surface area contributed by atoms with Gasteiger partial charge < -0.3 is 10.6 Å². The van der Waals surface area contributed by atoms with Gasteiger partial charge in [-0.2, -0.15) is 0 Å². The van der Waals surface area contributed by atoms with Gasteiger partial charge in [0.25, 0.3) is 5.91 Å². The van der Waals surface area contributed by atoms with Crippen molar-refractivity contribution in [1.82, 2.24) is 30.6 Å². The molecule has 7 nitrogen and oxygen atoms in total. The monoisotopic (exact) mass is 336 g/mol. The molecule has 4 rings (SSSR count). The van der Waals surface area contributed by atoms with Crippen molar-refractivity contribution in [3.63, 3.8) is 0 Å². The van der Waals surface area contributed by atoms with Crippen molar-refractivity contribution in [2.75, 3.05) is 13.1 Å². The molecular formula is C18H20N6O. The van der Waals surface area contributed by atoms with Crippen molar-refractivity contribution in [2.45, 2.75) is 25.8 Å². The molecule has 1 fully saturated rings. The van der Waals surface area contributed by atoms with Crippen LogP contribution in [0.15, 0.2) is 36.7 Å². The summed E-state index contributed by atoms with van der Waals surface area (Å²) in [7, 11) is 0. The molecule has 1 aromatic carbocycles. The molecule has 0 radical (unpaired) electrons. The zero-order chi connectivity index (χ0) is 17.2. The number of hydrogen-bond acceptors (Lipinski definition) is 5. The Balaban J connectivity index is 1.61. The summed E-state index contributed by atoms with van der Waals surface area (Å²) in [4.78, 5) is 16.6. The van der Waals surface area contributed by atoms with E-state index in [0.29, 0.717) is 18.3 Å². The minimum atomic E-state index is -0.181. The van der Waals surface area contributed by atoms with Crippen LogP contribution < -0.4 is 10.6 Å². The predicted molar refractivity (Wildman–Crippen MR) is 94.8 cm³/mol. The number of rotatable bonds is 4. The molecule has 0 aliphatic carbocycles. The van der Waals surface area contributed by atoms with E-state index in [4.69, 9.17) is 0 Å². The fraction of sp³-hybridized carbons (Fsp3) is 0.333. The van der Waals surface area contributed by atoms with E-state index in [0.717, 1.165) is 41.5 Å². The standard InChI is InChI=1S/C18H20N6O/c1-12-17(18(25)21-11-14-5-3-8-20-14)22-23-24(12)16-6-2-4-13-10-19-9-7-15(13)16/h2,4,6-7,9-10,14,20H,3,5,8,11H2,1H3,(H,21,25). The third-order valence-corrected chi connectivity index (χ3v) is 4.67. The highest BCUT2D eigenvalue weighted by atomic mass is 16.2. The number of fused-ring (bicyclic) bond motifs is 1. The lowest BCUT2D eigenvalue weighted by atomic mass is 10.1. The first-order valence-corrected chi connectivity index (χ1v) is 8.51. The molecule has 1 atom stereocenters. The largest absolute Gasteiger partial charge is 0.349 e. The highest BCUT2D eigenvalue weighted by Gasteiger charge is 2.20. The van der Waals surface area contributed by atoms with Gasteiger partial charge >= 0.3 is 0 Å². The molecule has 128 valence electrons. The van der Waals surface area contributed by atoms with Crippen molar-refractivity contribution >= 4 is 16.7 Å². The zero-order valence-electron chi connectivity index (χ0n) is 14.1. The van der Waals surface area contributed by atoms with E-state index >= 15 is 0 Å². The second kappa shape index (κ2) is 6.60. The van der Waals surface area contributed by atoms with Gasteiger partial charge in [-0.1, -0.05) is 17.3 Å². The number of aromatic nitrogens is 4. The molecule has 1 aliphatic heterocycles. The molecule has 3 heterocycles. The molecule has 0 bridgehead atoms. The van der Waals surface area contributed by atoms with E-state index in [2.05, 4.69) is 25.9 Å². The Morgan fingerprint density at radius 1 is 1.40 bits per heavy atom. The van der Waals surface area contributed by atoms with Gasteiger partial charge in [0, 0.05) is 35.8 Å². The first kappa shape index (κ1) is 15.7. The van der Waals surface area contributed by atoms with Crippen LogP contribution in [0.4, 0.5) is 0 Å². The van der Waals surface area contributed by atoms with E-state index in [-0.39, 0.29) is 5.91 Å². The van der Waals surface area contributed by atoms with Crippen LogP contribution in [0.3, 0.4) is 0 Å². The third-order valence-electron chi connectivity index (χ3n) is 4.67. The van der Waals surface area contributed by atoms with Gasteiger partial charge in [0.15, 0.2) is 5.69 Å². The number of nitrogens with zero attached hydrogens (tertiary/aromatic N) is 4. The number of carbonyl (C=O) groups excluding carboxylic acids is 1. The predicted octanol–water partition coefficient (Wildman–Crippen LogP) is 1.61. The minimum Gasteiger partial charge on any atom is -0.349 e. The van der Waals surface area contributed by atoms with E-state index in [1.165, 1.54) is 0 Å². The lowest BCUT2D eigenvalue weighted by molar-refractivity contribution is 0.0944. The molecule has 0 saturated carbocycles. The average Bonchev–Trinajstić information content (AvgIpc) is 3.29. The van der Waals surface area contributed by atoms with Gasteiger partial charge in [-0.15, -0.1) is 5.10 Å². The minimum absolute atomic E-state index is 0.181. The second-order valence-corrected chi connectivity index (χ2v) is 6.31. The first-order chi connectivity index (χ1) is 12.2. The van der Waals surface area contributed by atoms with Crippen LogP contribution in [0.25, 0.3) is 16.5 Å². The van der Waals surface area contributed by atoms with Crippen LogP contribution in [0.1, 0.15) is 29.0 Å². The Morgan fingerprint density at radius 2 is 2.32 bits per heavy atom. The molecule has 2 N–H and O–H groups in total. The summed E-state index contributed by atoms with van der Waals surface area (Å²) in [6.45, 7) is 3.50. The summed E-state index contributed by atoms with van der Waals surface area (Å²) in [6, 6.07) is 8.21. The number of hydrogen-bond donors (Lipinski definition) is 2. The number of carbonyl (C=O) groups is 1. The topological polar surface area (TPSA) is 84.7 Å². The van der Waals surface area contributed by atoms with Crippen molar-refractivity contribution in [2.24, 2.45) is 0 Å². The Labute approximate surface area is 145 Å². The molecule has 7 heteroatoms. The SMILES string of the molecule is Cc1c(C(=O)NCC2CCCN2)nnn1-c1cccc2cnccc12. The summed E-state index contributed by atoms with van der Waals surface area (Å²) in [5.41, 5.74) is 1.98. The maximum absolute atomic E-state index is 12.5. The van der Waals surface area contributed by atoms with E-state index < -0.39 is 0 Å². The Morgan fingerprint density at radius 3 is 3.16 bits per heavy atom. The van der Waals surface area contributed by atoms with Crippen molar-refractivity contribution in [3.05, 3.63) is 48.0 Å². The first-order valence-electron chi connectivity index (χ1n) is 8.51. The molecule has 1 amide bonds. The van der Waals surface area contributed by atoms with Crippen molar-refractivity contribution < 1.29 is 4.79 Å². The van der Waals surface area contributed by atoms with Gasteiger partial charge in [-0.25, -0.2) is 4.68 Å². The van der Waals surface area contributed by atoms with Crippen molar-refractivity contribution in [3.8, 4) is 5.69 Å². The molecule has 1 unspecified atom stereocenters. The lowest BCUT2D eigenvalue weighted by Crippen LogP contribution is -2.37. The quantitative estimate of drug-likeness (QED) is 0.756. The maximum atomic E-state index is 12.5. The number of pyridine rings is 1. The van der Waals surface area contributed by atoms with Crippen LogP contribution >= 0.6 is 0 Å². The normalized spacial score (nSPS) is 17.1. The van der Waals surface area contributed by atoms with Gasteiger partial charge in [-0.3, -0.25) is 9.78 Å². The van der Waals surface area contributed by atoms with Crippen LogP contribution in [-0.4, -0.2) is 45.0 Å². The maximum Gasteiger partial charge on any atom is 0.273 e. The van der Waals surface area contributed by atoms with Crippen LogP contribution in [-0.2, 0) is 0 Å². The fourth-order valence-corrected chi connectivity index (χ4v) is 3.29. The molecule has 3 aromatic rings. The summed E-state index contributed by atoms with van der Waals surface area (Å²) >= 11 is 0. The van der Waals surface area contributed by atoms with Crippen LogP contribution in [0.2, 0.25) is 0 Å². The van der Waals surface area contributed by atoms with Gasteiger partial charge in [0.05, 0.1) is 11.4 Å². The zero-order valence-corrected chi connectivity index (χ0v) is 14.1. The van der Waals surface area contributed by atoms with Gasteiger partial charge in [-0.05, 0) is 38.4 Å². The molecule has 1 saturated heterocycles. The lowest BCUT2D eigenvalue weighted by Gasteiger charge is -2.11. The molecule has 1 aliphatic rings. The number of nitrogens with one attached hydrogen (secondary N) is 2. The third kappa shape index (κ3) is 2.98. The van der Waals surface area contributed by atoms with E-state index in [9.17, 15) is 4.79 Å². The Kier molecular flexibility index (Phi) is 4.15. The van der Waals surface area contributed by atoms with E-state index in [1.807, 2.05) is 37.4 Å². The summed E-state index contributed by atoms with van der Waals surface area (Å²) < 4.78 is 1.71. The van der Waals surface area contributed by atoms with Crippen molar-refractivity contribution in [1.29, 1.82) is 0 Å². The summed E-state index contributed by atoms with van der Waals surface area (Å²) in [6.07, 6.45) is 5.81. The molecule has 0 spiro atoms. The molecule has 2 aromatic heterocycles. The van der Waals surface area contributed by atoms with Crippen LogP contribution in [0, 0.1) is 6.92 Å². The van der Waals surface area contributed by atoms with Gasteiger partial charge in [0.2, 0.25) is 0 Å². The average molecular weight is 336 g/mol. The Hall–Kier alpha value is -2.80. The fourth-order valence-electron chi connectivity index (χ4n) is 3.29. The molecular weight excluding hydrogens is 316 g/mol. The highest BCUT2D eigenvalue weighted by molar-refractivity contribution is 5.94. The number of benzene rings is 1. The van der Waals surface area contributed by atoms with Gasteiger partial charge in [0.1, 0.15) is 0 Å². The highest BCUT2D eigenvalue weighted by Crippen LogP contribution is 2.22. The Bertz CT molecular complexity index is 908. The summed E-state index contributed by atoms with van der Waals surface area (Å²) in [5.74, 6) is -0.181. The van der Waals surface area contributed by atoms with E-state index in [1.54, 1.807) is 10.9 Å². The second-order valence-electron chi connectivity index (χ2n) is 6.31.